The normalized spacial score (nSPS) is 11.3. The van der Waals surface area contributed by atoms with E-state index in [4.69, 9.17) is 4.42 Å². The number of aromatic amines is 1. The van der Waals surface area contributed by atoms with Crippen molar-refractivity contribution in [1.29, 1.82) is 0 Å². The Hall–Kier alpha value is -1.65. The third-order valence-corrected chi connectivity index (χ3v) is 4.12. The second kappa shape index (κ2) is 6.87. The van der Waals surface area contributed by atoms with E-state index in [1.807, 2.05) is 0 Å². The Morgan fingerprint density at radius 1 is 1.14 bits per heavy atom. The van der Waals surface area contributed by atoms with Crippen molar-refractivity contribution in [2.45, 2.75) is 18.7 Å². The summed E-state index contributed by atoms with van der Waals surface area (Å²) in [5, 5.41) is 4.76. The molecule has 21 heavy (non-hydrogen) atoms. The fourth-order valence-corrected chi connectivity index (χ4v) is 2.95. The second-order valence-electron chi connectivity index (χ2n) is 5.09. The molecule has 3 rings (SSSR count). The zero-order valence-electron chi connectivity index (χ0n) is 12.2. The molecule has 2 heterocycles. The van der Waals surface area contributed by atoms with E-state index < -0.39 is 0 Å². The number of hydrogen-bond acceptors (Lipinski definition) is 3. The molecule has 0 fully saturated rings. The van der Waals surface area contributed by atoms with Gasteiger partial charge in [0.2, 0.25) is 0 Å². The van der Waals surface area contributed by atoms with Crippen LogP contribution in [0.4, 0.5) is 0 Å². The maximum absolute atomic E-state index is 5.74. The number of H-pyrrole nitrogens is 1. The summed E-state index contributed by atoms with van der Waals surface area (Å²) < 4.78 is 5.74. The number of hydrogen-bond donors (Lipinski definition) is 2. The average Bonchev–Trinajstić information content (AvgIpc) is 3.11. The van der Waals surface area contributed by atoms with Crippen LogP contribution in [0, 0.1) is 0 Å². The van der Waals surface area contributed by atoms with Crippen molar-refractivity contribution in [3.8, 4) is 0 Å². The van der Waals surface area contributed by atoms with Crippen LogP contribution in [0.25, 0.3) is 10.9 Å². The van der Waals surface area contributed by atoms with Crippen LogP contribution < -0.4 is 5.32 Å². The molecule has 0 saturated carbocycles. The van der Waals surface area contributed by atoms with E-state index in [2.05, 4.69) is 59.2 Å². The number of aromatic nitrogens is 1. The van der Waals surface area contributed by atoms with E-state index in [9.17, 15) is 0 Å². The quantitative estimate of drug-likeness (QED) is 0.649. The predicted molar refractivity (Wildman–Crippen MR) is 89.6 cm³/mol. The summed E-state index contributed by atoms with van der Waals surface area (Å²) >= 11 is 1.78. The van der Waals surface area contributed by atoms with E-state index >= 15 is 0 Å². The molecule has 0 radical (unpaired) electrons. The molecule has 0 unspecified atom stereocenters. The molecule has 0 aliphatic carbocycles. The van der Waals surface area contributed by atoms with Gasteiger partial charge in [-0.3, -0.25) is 0 Å². The average molecular weight is 300 g/mol. The van der Waals surface area contributed by atoms with Crippen LogP contribution in [0.2, 0.25) is 0 Å². The van der Waals surface area contributed by atoms with Crippen molar-refractivity contribution in [3.63, 3.8) is 0 Å². The molecular weight excluding hydrogens is 280 g/mol. The van der Waals surface area contributed by atoms with Gasteiger partial charge in [-0.15, -0.1) is 0 Å². The Morgan fingerprint density at radius 3 is 2.90 bits per heavy atom. The molecule has 0 bridgehead atoms. The monoisotopic (exact) mass is 300 g/mol. The first kappa shape index (κ1) is 14.3. The molecule has 0 saturated heterocycles. The molecule has 2 aromatic heterocycles. The number of furan rings is 1. The number of nitrogens with one attached hydrogen (secondary N) is 2. The lowest BCUT2D eigenvalue weighted by molar-refractivity contribution is 0.460. The number of rotatable bonds is 7. The molecular formula is C17H20N2OS. The molecule has 0 aliphatic rings. The van der Waals surface area contributed by atoms with Gasteiger partial charge in [-0.05, 0) is 43.0 Å². The lowest BCUT2D eigenvalue weighted by atomic mass is 10.1. The van der Waals surface area contributed by atoms with Crippen molar-refractivity contribution in [2.75, 3.05) is 12.8 Å². The minimum atomic E-state index is 0.788. The van der Waals surface area contributed by atoms with Crippen LogP contribution >= 0.6 is 11.8 Å². The van der Waals surface area contributed by atoms with Crippen molar-refractivity contribution < 1.29 is 4.42 Å². The van der Waals surface area contributed by atoms with Crippen LogP contribution in [-0.2, 0) is 18.7 Å². The molecule has 0 atom stereocenters. The minimum Gasteiger partial charge on any atom is -0.464 e. The number of thioether (sulfide) groups is 1. The van der Waals surface area contributed by atoms with Crippen molar-refractivity contribution in [2.24, 2.45) is 0 Å². The van der Waals surface area contributed by atoms with Crippen molar-refractivity contribution in [1.82, 2.24) is 10.3 Å². The standard InChI is InChI=1S/C17H20N2OS/c1-21-12-15-7-6-14(20-15)11-18-9-8-13-10-19-17-5-3-2-4-16(13)17/h2-7,10,18-19H,8-9,11-12H2,1H3. The maximum atomic E-state index is 5.74. The van der Waals surface area contributed by atoms with Crippen LogP contribution in [-0.4, -0.2) is 17.8 Å². The first-order valence-corrected chi connectivity index (χ1v) is 8.58. The molecule has 0 aliphatic heterocycles. The van der Waals surface area contributed by atoms with Gasteiger partial charge in [-0.2, -0.15) is 11.8 Å². The number of para-hydroxylation sites is 1. The van der Waals surface area contributed by atoms with Crippen LogP contribution in [0.15, 0.2) is 47.0 Å². The Bertz CT molecular complexity index is 701. The summed E-state index contributed by atoms with van der Waals surface area (Å²) in [6.45, 7) is 1.73. The molecule has 2 N–H and O–H groups in total. The third-order valence-electron chi connectivity index (χ3n) is 3.55. The zero-order valence-corrected chi connectivity index (χ0v) is 13.0. The Kier molecular flexibility index (Phi) is 4.68. The van der Waals surface area contributed by atoms with E-state index in [0.717, 1.165) is 36.8 Å². The first-order valence-electron chi connectivity index (χ1n) is 7.19. The molecule has 4 heteroatoms. The number of fused-ring (bicyclic) bond motifs is 1. The Balaban J connectivity index is 1.49. The number of benzene rings is 1. The molecule has 0 amide bonds. The van der Waals surface area contributed by atoms with Gasteiger partial charge in [0.25, 0.3) is 0 Å². The lowest BCUT2D eigenvalue weighted by Gasteiger charge is -2.02. The summed E-state index contributed by atoms with van der Waals surface area (Å²) in [6.07, 6.45) is 5.21. The fraction of sp³-hybridized carbons (Fsp3) is 0.294. The topological polar surface area (TPSA) is 41.0 Å². The van der Waals surface area contributed by atoms with E-state index in [1.165, 1.54) is 16.5 Å². The molecule has 3 nitrogen and oxygen atoms in total. The maximum Gasteiger partial charge on any atom is 0.117 e. The third kappa shape index (κ3) is 3.52. The minimum absolute atomic E-state index is 0.788. The van der Waals surface area contributed by atoms with Crippen LogP contribution in [0.5, 0.6) is 0 Å². The molecule has 110 valence electrons. The molecule has 3 aromatic rings. The fourth-order valence-electron chi connectivity index (χ4n) is 2.51. The SMILES string of the molecule is CSCc1ccc(CNCCc2c[nH]c3ccccc23)o1. The first-order chi connectivity index (χ1) is 10.4. The van der Waals surface area contributed by atoms with Gasteiger partial charge in [0.05, 0.1) is 12.3 Å². The molecule has 1 aromatic carbocycles. The Morgan fingerprint density at radius 2 is 2.00 bits per heavy atom. The summed E-state index contributed by atoms with van der Waals surface area (Å²) in [4.78, 5) is 3.32. The zero-order chi connectivity index (χ0) is 14.5. The van der Waals surface area contributed by atoms with Crippen LogP contribution in [0.1, 0.15) is 17.1 Å². The lowest BCUT2D eigenvalue weighted by Crippen LogP contribution is -2.16. The predicted octanol–water partition coefficient (Wildman–Crippen LogP) is 3.96. The van der Waals surface area contributed by atoms with E-state index in [-0.39, 0.29) is 0 Å². The summed E-state index contributed by atoms with van der Waals surface area (Å²) in [6, 6.07) is 12.6. The van der Waals surface area contributed by atoms with Gasteiger partial charge in [0.15, 0.2) is 0 Å². The summed E-state index contributed by atoms with van der Waals surface area (Å²) in [5.41, 5.74) is 2.57. The highest BCUT2D eigenvalue weighted by Gasteiger charge is 2.04. The van der Waals surface area contributed by atoms with Gasteiger partial charge < -0.3 is 14.7 Å². The van der Waals surface area contributed by atoms with E-state index in [1.54, 1.807) is 11.8 Å². The summed E-state index contributed by atoms with van der Waals surface area (Å²) in [5.74, 6) is 3.00. The highest BCUT2D eigenvalue weighted by atomic mass is 32.2. The largest absolute Gasteiger partial charge is 0.464 e. The van der Waals surface area contributed by atoms with Crippen LogP contribution in [0.3, 0.4) is 0 Å². The van der Waals surface area contributed by atoms with Crippen molar-refractivity contribution >= 4 is 22.7 Å². The van der Waals surface area contributed by atoms with Gasteiger partial charge in [0, 0.05) is 17.1 Å². The summed E-state index contributed by atoms with van der Waals surface area (Å²) in [7, 11) is 0. The smallest absolute Gasteiger partial charge is 0.117 e. The highest BCUT2D eigenvalue weighted by Crippen LogP contribution is 2.18. The van der Waals surface area contributed by atoms with Crippen molar-refractivity contribution in [3.05, 3.63) is 59.7 Å². The van der Waals surface area contributed by atoms with E-state index in [0.29, 0.717) is 0 Å². The highest BCUT2D eigenvalue weighted by molar-refractivity contribution is 7.97. The van der Waals surface area contributed by atoms with Gasteiger partial charge in [0.1, 0.15) is 11.5 Å². The second-order valence-corrected chi connectivity index (χ2v) is 5.95. The molecule has 0 spiro atoms. The van der Waals surface area contributed by atoms with Gasteiger partial charge in [-0.1, -0.05) is 18.2 Å². The van der Waals surface area contributed by atoms with Gasteiger partial charge >= 0.3 is 0 Å². The van der Waals surface area contributed by atoms with Gasteiger partial charge in [-0.25, -0.2) is 0 Å². The Labute approximate surface area is 129 Å².